The van der Waals surface area contributed by atoms with Crippen LogP contribution in [0.15, 0.2) is 0 Å². The molecule has 0 saturated heterocycles. The lowest BCUT2D eigenvalue weighted by Crippen LogP contribution is -2.28. The summed E-state index contributed by atoms with van der Waals surface area (Å²) in [5.74, 6) is -1.35. The molecule has 0 unspecified atom stereocenters. The molecule has 1 amide bonds. The van der Waals surface area contributed by atoms with Crippen LogP contribution in [0.25, 0.3) is 0 Å². The van der Waals surface area contributed by atoms with Gasteiger partial charge in [-0.15, -0.1) is 0 Å². The highest BCUT2D eigenvalue weighted by Crippen LogP contribution is 2.12. The van der Waals surface area contributed by atoms with Gasteiger partial charge >= 0.3 is 0 Å². The van der Waals surface area contributed by atoms with Crippen molar-refractivity contribution in [2.45, 2.75) is 110 Å². The summed E-state index contributed by atoms with van der Waals surface area (Å²) >= 11 is 0. The van der Waals surface area contributed by atoms with Gasteiger partial charge in [0.2, 0.25) is 5.91 Å². The lowest BCUT2D eigenvalue weighted by molar-refractivity contribution is -0.305. The topological polar surface area (TPSA) is 69.2 Å². The minimum absolute atomic E-state index is 0.0287. The largest absolute Gasteiger partial charge is 0.550 e. The van der Waals surface area contributed by atoms with Crippen LogP contribution in [-0.2, 0) is 9.59 Å². The Morgan fingerprint density at radius 2 is 1.08 bits per heavy atom. The lowest BCUT2D eigenvalue weighted by atomic mass is 10.0. The quantitative estimate of drug-likeness (QED) is 0.382. The number of amides is 1. The van der Waals surface area contributed by atoms with E-state index >= 15 is 0 Å². The predicted molar refractivity (Wildman–Crippen MR) is 97.6 cm³/mol. The van der Waals surface area contributed by atoms with Crippen molar-refractivity contribution >= 4 is 11.9 Å². The summed E-state index contributed by atoms with van der Waals surface area (Å²) in [5, 5.41) is 13.0. The summed E-state index contributed by atoms with van der Waals surface area (Å²) in [6.45, 7) is 2.92. The summed E-state index contributed by atoms with van der Waals surface area (Å²) in [4.78, 5) is 21.5. The minimum atomic E-state index is -1.17. The van der Waals surface area contributed by atoms with E-state index in [9.17, 15) is 14.7 Å². The number of unbranched alkanes of at least 4 members (excludes halogenated alkanes) is 13. The van der Waals surface area contributed by atoms with Crippen LogP contribution in [0.5, 0.6) is 0 Å². The Morgan fingerprint density at radius 3 is 1.50 bits per heavy atom. The van der Waals surface area contributed by atoms with Gasteiger partial charge in [-0.1, -0.05) is 90.4 Å². The Labute approximate surface area is 148 Å². The second-order valence-electron chi connectivity index (χ2n) is 6.82. The van der Waals surface area contributed by atoms with E-state index in [0.717, 1.165) is 12.8 Å². The van der Waals surface area contributed by atoms with Crippen LogP contribution in [-0.4, -0.2) is 18.4 Å². The molecule has 0 radical (unpaired) electrons. The maximum absolute atomic E-state index is 11.3. The molecule has 142 valence electrons. The van der Waals surface area contributed by atoms with Crippen molar-refractivity contribution in [2.75, 3.05) is 6.54 Å². The third kappa shape index (κ3) is 19.0. The maximum atomic E-state index is 11.3. The summed E-state index contributed by atoms with van der Waals surface area (Å²) in [7, 11) is 0. The number of carboxylic acids is 1. The molecule has 0 aliphatic heterocycles. The highest BCUT2D eigenvalue weighted by Gasteiger charge is 2.00. The van der Waals surface area contributed by atoms with Gasteiger partial charge in [0.15, 0.2) is 0 Å². The molecule has 0 aromatic carbocycles. The normalized spacial score (nSPS) is 10.7. The van der Waals surface area contributed by atoms with E-state index in [1.165, 1.54) is 77.0 Å². The van der Waals surface area contributed by atoms with E-state index < -0.39 is 5.97 Å². The second kappa shape index (κ2) is 18.3. The Balaban J connectivity index is 3.10. The first kappa shape index (κ1) is 22.9. The monoisotopic (exact) mass is 340 g/mol. The Bertz CT molecular complexity index is 305. The van der Waals surface area contributed by atoms with E-state index in [0.29, 0.717) is 6.54 Å². The SMILES string of the molecule is CCCCCCCCCCCCCCCCNC(=O)CCC(=O)[O-]. The summed E-state index contributed by atoms with van der Waals surface area (Å²) < 4.78 is 0. The fourth-order valence-electron chi connectivity index (χ4n) is 2.85. The molecule has 4 nitrogen and oxygen atoms in total. The van der Waals surface area contributed by atoms with Gasteiger partial charge in [0.05, 0.1) is 0 Å². The van der Waals surface area contributed by atoms with Gasteiger partial charge in [0.1, 0.15) is 0 Å². The number of hydrogen-bond donors (Lipinski definition) is 1. The van der Waals surface area contributed by atoms with Gasteiger partial charge in [-0.05, 0) is 12.8 Å². The van der Waals surface area contributed by atoms with Crippen LogP contribution in [0.3, 0.4) is 0 Å². The maximum Gasteiger partial charge on any atom is 0.220 e. The fourth-order valence-corrected chi connectivity index (χ4v) is 2.85. The molecule has 0 saturated carbocycles. The third-order valence-electron chi connectivity index (χ3n) is 4.41. The minimum Gasteiger partial charge on any atom is -0.550 e. The van der Waals surface area contributed by atoms with Gasteiger partial charge in [-0.3, -0.25) is 4.79 Å². The number of carbonyl (C=O) groups is 2. The van der Waals surface area contributed by atoms with Crippen molar-refractivity contribution in [3.63, 3.8) is 0 Å². The van der Waals surface area contributed by atoms with Gasteiger partial charge < -0.3 is 15.2 Å². The number of carbonyl (C=O) groups excluding carboxylic acids is 2. The molecule has 1 N–H and O–H groups in total. The van der Waals surface area contributed by atoms with Gasteiger partial charge in [0, 0.05) is 18.9 Å². The first-order chi connectivity index (χ1) is 11.7. The second-order valence-corrected chi connectivity index (χ2v) is 6.82. The van der Waals surface area contributed by atoms with Crippen molar-refractivity contribution < 1.29 is 14.7 Å². The van der Waals surface area contributed by atoms with Crippen LogP contribution in [0.1, 0.15) is 110 Å². The molecule has 0 aliphatic rings. The van der Waals surface area contributed by atoms with Crippen LogP contribution >= 0.6 is 0 Å². The fraction of sp³-hybridized carbons (Fsp3) is 0.900. The van der Waals surface area contributed by atoms with Crippen LogP contribution in [0.4, 0.5) is 0 Å². The van der Waals surface area contributed by atoms with Crippen molar-refractivity contribution in [2.24, 2.45) is 0 Å². The zero-order valence-corrected chi connectivity index (χ0v) is 15.7. The van der Waals surface area contributed by atoms with Gasteiger partial charge in [0.25, 0.3) is 0 Å². The standard InChI is InChI=1S/C20H39NO3/c1-2-3-4-5-6-7-8-9-10-11-12-13-14-15-18-21-19(22)16-17-20(23)24/h2-18H2,1H3,(H,21,22)(H,23,24)/p-1. The van der Waals surface area contributed by atoms with Crippen LogP contribution in [0, 0.1) is 0 Å². The van der Waals surface area contributed by atoms with E-state index in [-0.39, 0.29) is 18.7 Å². The van der Waals surface area contributed by atoms with Gasteiger partial charge in [-0.25, -0.2) is 0 Å². The molecule has 0 atom stereocenters. The molecule has 0 spiro atoms. The van der Waals surface area contributed by atoms with Gasteiger partial charge in [-0.2, -0.15) is 0 Å². The molecule has 0 aromatic rings. The number of hydrogen-bond acceptors (Lipinski definition) is 3. The van der Waals surface area contributed by atoms with Crippen molar-refractivity contribution in [3.8, 4) is 0 Å². The number of aliphatic carboxylic acids is 1. The highest BCUT2D eigenvalue weighted by atomic mass is 16.4. The molecule has 0 heterocycles. The summed E-state index contributed by atoms with van der Waals surface area (Å²) in [6, 6.07) is 0. The van der Waals surface area contributed by atoms with E-state index in [2.05, 4.69) is 12.2 Å². The van der Waals surface area contributed by atoms with Crippen molar-refractivity contribution in [3.05, 3.63) is 0 Å². The Kier molecular flexibility index (Phi) is 17.5. The predicted octanol–water partition coefficient (Wildman–Crippen LogP) is 4.11. The number of carboxylic acid groups (broad SMARTS) is 1. The first-order valence-corrected chi connectivity index (χ1v) is 10.1. The first-order valence-electron chi connectivity index (χ1n) is 10.1. The Morgan fingerprint density at radius 1 is 0.667 bits per heavy atom. The summed E-state index contributed by atoms with van der Waals surface area (Å²) in [6.07, 6.45) is 18.3. The zero-order valence-electron chi connectivity index (χ0n) is 15.7. The zero-order chi connectivity index (χ0) is 17.9. The van der Waals surface area contributed by atoms with Crippen molar-refractivity contribution in [1.29, 1.82) is 0 Å². The number of nitrogens with one attached hydrogen (secondary N) is 1. The molecule has 0 rings (SSSR count). The van der Waals surface area contributed by atoms with E-state index in [1.54, 1.807) is 0 Å². The average Bonchev–Trinajstić information content (AvgIpc) is 2.56. The molecule has 0 fully saturated rings. The molecule has 0 aromatic heterocycles. The highest BCUT2D eigenvalue weighted by molar-refractivity contribution is 5.79. The smallest absolute Gasteiger partial charge is 0.220 e. The average molecular weight is 341 g/mol. The third-order valence-corrected chi connectivity index (χ3v) is 4.41. The van der Waals surface area contributed by atoms with E-state index in [1.807, 2.05) is 0 Å². The van der Waals surface area contributed by atoms with Crippen LogP contribution < -0.4 is 10.4 Å². The molecule has 0 aliphatic carbocycles. The summed E-state index contributed by atoms with van der Waals surface area (Å²) in [5.41, 5.74) is 0. The molecule has 0 bridgehead atoms. The van der Waals surface area contributed by atoms with Crippen molar-refractivity contribution in [1.82, 2.24) is 5.32 Å². The molecule has 24 heavy (non-hydrogen) atoms. The molecular formula is C20H38NO3-. The molecular weight excluding hydrogens is 302 g/mol. The Hall–Kier alpha value is -1.06. The van der Waals surface area contributed by atoms with E-state index in [4.69, 9.17) is 0 Å². The van der Waals surface area contributed by atoms with Crippen LogP contribution in [0.2, 0.25) is 0 Å². The lowest BCUT2D eigenvalue weighted by Gasteiger charge is -2.06. The number of rotatable bonds is 18. The molecule has 4 heteroatoms.